The van der Waals surface area contributed by atoms with Crippen LogP contribution in [0, 0.1) is 11.8 Å². The summed E-state index contributed by atoms with van der Waals surface area (Å²) in [6.45, 7) is 1.63. The van der Waals surface area contributed by atoms with Gasteiger partial charge in [0.15, 0.2) is 0 Å². The maximum absolute atomic E-state index is 10.5. The van der Waals surface area contributed by atoms with Crippen LogP contribution >= 0.6 is 0 Å². The van der Waals surface area contributed by atoms with Gasteiger partial charge in [0.05, 0.1) is 24.4 Å². The largest absolute Gasteiger partial charge is 0.481 e. The molecule has 148 valence electrons. The van der Waals surface area contributed by atoms with Crippen LogP contribution in [-0.2, 0) is 4.79 Å². The lowest BCUT2D eigenvalue weighted by Gasteiger charge is -2.19. The van der Waals surface area contributed by atoms with E-state index in [9.17, 15) is 20.1 Å². The van der Waals surface area contributed by atoms with Crippen molar-refractivity contribution in [3.63, 3.8) is 0 Å². The molecule has 1 aliphatic carbocycles. The molecule has 0 aromatic rings. The van der Waals surface area contributed by atoms with Gasteiger partial charge in [-0.15, -0.1) is 0 Å². The Labute approximate surface area is 155 Å². The zero-order valence-corrected chi connectivity index (χ0v) is 15.3. The molecule has 0 heterocycles. The van der Waals surface area contributed by atoms with Crippen molar-refractivity contribution in [3.8, 4) is 0 Å². The molecule has 0 amide bonds. The Bertz CT molecular complexity index is 497. The quantitative estimate of drug-likeness (QED) is 0.280. The molecular weight excluding hydrogens is 336 g/mol. The fourth-order valence-corrected chi connectivity index (χ4v) is 3.20. The monoisotopic (exact) mass is 368 g/mol. The number of carboxylic acid groups (broad SMARTS) is 1. The second kappa shape index (κ2) is 12.0. The lowest BCUT2D eigenvalue weighted by Crippen LogP contribution is -2.20. The summed E-state index contributed by atoms with van der Waals surface area (Å²) in [5.41, 5.74) is 0. The smallest absolute Gasteiger partial charge is 0.303 e. The van der Waals surface area contributed by atoms with Crippen LogP contribution in [0.4, 0.5) is 0 Å². The minimum Gasteiger partial charge on any atom is -0.481 e. The van der Waals surface area contributed by atoms with Gasteiger partial charge in [-0.2, -0.15) is 0 Å². The number of aliphatic hydroxyl groups is 4. The Morgan fingerprint density at radius 3 is 2.50 bits per heavy atom. The zero-order valence-electron chi connectivity index (χ0n) is 15.3. The molecule has 0 spiro atoms. The first-order valence-electron chi connectivity index (χ1n) is 9.25. The van der Waals surface area contributed by atoms with E-state index >= 15 is 0 Å². The topological polar surface area (TPSA) is 118 Å². The Balaban J connectivity index is 2.51. The van der Waals surface area contributed by atoms with Crippen LogP contribution in [0.25, 0.3) is 0 Å². The van der Waals surface area contributed by atoms with E-state index in [0.717, 1.165) is 0 Å². The summed E-state index contributed by atoms with van der Waals surface area (Å²) >= 11 is 0. The summed E-state index contributed by atoms with van der Waals surface area (Å²) < 4.78 is 0. The Hall–Kier alpha value is -1.47. The lowest BCUT2D eigenvalue weighted by molar-refractivity contribution is -0.137. The van der Waals surface area contributed by atoms with Crippen LogP contribution in [-0.4, -0.2) is 55.9 Å². The minimum absolute atomic E-state index is 0.128. The molecule has 1 saturated carbocycles. The van der Waals surface area contributed by atoms with E-state index in [-0.39, 0.29) is 18.3 Å². The van der Waals surface area contributed by atoms with Crippen molar-refractivity contribution in [2.75, 3.05) is 0 Å². The van der Waals surface area contributed by atoms with E-state index in [2.05, 4.69) is 0 Å². The third-order valence-corrected chi connectivity index (χ3v) is 4.60. The summed E-state index contributed by atoms with van der Waals surface area (Å²) in [5, 5.41) is 48.0. The average Bonchev–Trinajstić information content (AvgIpc) is 2.81. The van der Waals surface area contributed by atoms with Crippen LogP contribution in [0.5, 0.6) is 0 Å². The van der Waals surface area contributed by atoms with Crippen LogP contribution in [0.3, 0.4) is 0 Å². The van der Waals surface area contributed by atoms with E-state index in [4.69, 9.17) is 10.2 Å². The first-order chi connectivity index (χ1) is 12.3. The predicted octanol–water partition coefficient (Wildman–Crippen LogP) is 1.79. The number of carbonyl (C=O) groups is 1. The average molecular weight is 368 g/mol. The highest BCUT2D eigenvalue weighted by molar-refractivity contribution is 5.66. The molecule has 0 saturated heterocycles. The van der Waals surface area contributed by atoms with Crippen molar-refractivity contribution in [3.05, 3.63) is 36.5 Å². The SMILES string of the molecule is CC(O)/C=C\C[C@H](O)/C=C/[C@@H]1[C@@H](C/C=C\CCCC(=O)O)[C@@H](O)C[C@H]1O. The molecule has 0 aliphatic heterocycles. The Kier molecular flexibility index (Phi) is 10.4. The first kappa shape index (κ1) is 22.6. The summed E-state index contributed by atoms with van der Waals surface area (Å²) in [4.78, 5) is 10.5. The first-order valence-corrected chi connectivity index (χ1v) is 9.25. The number of rotatable bonds is 11. The third kappa shape index (κ3) is 8.76. The highest BCUT2D eigenvalue weighted by atomic mass is 16.4. The van der Waals surface area contributed by atoms with Gasteiger partial charge in [-0.05, 0) is 38.5 Å². The fourth-order valence-electron chi connectivity index (χ4n) is 3.20. The molecular formula is C20H32O6. The van der Waals surface area contributed by atoms with Crippen molar-refractivity contribution in [2.24, 2.45) is 11.8 Å². The van der Waals surface area contributed by atoms with Gasteiger partial charge >= 0.3 is 5.97 Å². The molecule has 26 heavy (non-hydrogen) atoms. The standard InChI is InChI=1S/C20H32O6/c1-14(21)7-6-8-15(22)11-12-17-16(18(23)13-19(17)24)9-4-2-3-5-10-20(25)26/h2,4,6-7,11-12,14-19,21-24H,3,5,8-10,13H2,1H3,(H,25,26)/b4-2-,7-6-,12-11+/t14?,15-,16+,17+,18-,19+/m0/s1. The minimum atomic E-state index is -0.806. The normalized spacial score (nSPS) is 29.1. The maximum Gasteiger partial charge on any atom is 0.303 e. The summed E-state index contributed by atoms with van der Waals surface area (Å²) in [6.07, 6.45) is 10.7. The van der Waals surface area contributed by atoms with Crippen molar-refractivity contribution >= 4 is 5.97 Å². The summed E-state index contributed by atoms with van der Waals surface area (Å²) in [7, 11) is 0. The second-order valence-electron chi connectivity index (χ2n) is 6.96. The van der Waals surface area contributed by atoms with E-state index in [1.165, 1.54) is 0 Å². The molecule has 0 aromatic heterocycles. The Morgan fingerprint density at radius 2 is 1.85 bits per heavy atom. The Morgan fingerprint density at radius 1 is 1.12 bits per heavy atom. The molecule has 0 bridgehead atoms. The molecule has 0 aromatic carbocycles. The zero-order chi connectivity index (χ0) is 19.5. The lowest BCUT2D eigenvalue weighted by atomic mass is 9.89. The highest BCUT2D eigenvalue weighted by Crippen LogP contribution is 2.36. The van der Waals surface area contributed by atoms with Crippen molar-refractivity contribution in [1.29, 1.82) is 0 Å². The molecule has 1 rings (SSSR count). The number of hydrogen-bond acceptors (Lipinski definition) is 5. The van der Waals surface area contributed by atoms with Gasteiger partial charge < -0.3 is 25.5 Å². The number of allylic oxidation sites excluding steroid dienone is 2. The van der Waals surface area contributed by atoms with Gasteiger partial charge in [-0.1, -0.05) is 36.5 Å². The van der Waals surface area contributed by atoms with E-state index < -0.39 is 30.4 Å². The van der Waals surface area contributed by atoms with Crippen LogP contribution < -0.4 is 0 Å². The fraction of sp³-hybridized carbons (Fsp3) is 0.650. The predicted molar refractivity (Wildman–Crippen MR) is 99.4 cm³/mol. The maximum atomic E-state index is 10.5. The van der Waals surface area contributed by atoms with Crippen molar-refractivity contribution in [2.45, 2.75) is 69.9 Å². The van der Waals surface area contributed by atoms with Gasteiger partial charge in [0.2, 0.25) is 0 Å². The molecule has 1 aliphatic rings. The van der Waals surface area contributed by atoms with E-state index in [1.807, 2.05) is 12.2 Å². The number of carboxylic acids is 1. The molecule has 0 radical (unpaired) electrons. The highest BCUT2D eigenvalue weighted by Gasteiger charge is 2.39. The van der Waals surface area contributed by atoms with Crippen molar-refractivity contribution < 1.29 is 30.3 Å². The third-order valence-electron chi connectivity index (χ3n) is 4.60. The molecule has 5 N–H and O–H groups in total. The van der Waals surface area contributed by atoms with Crippen LogP contribution in [0.1, 0.15) is 45.4 Å². The van der Waals surface area contributed by atoms with Gasteiger partial charge in [0.25, 0.3) is 0 Å². The molecule has 6 atom stereocenters. The van der Waals surface area contributed by atoms with Gasteiger partial charge in [-0.25, -0.2) is 0 Å². The molecule has 1 fully saturated rings. The number of aliphatic hydroxyl groups excluding tert-OH is 4. The molecule has 6 nitrogen and oxygen atoms in total. The molecule has 6 heteroatoms. The van der Waals surface area contributed by atoms with Crippen LogP contribution in [0.2, 0.25) is 0 Å². The van der Waals surface area contributed by atoms with E-state index in [1.54, 1.807) is 31.2 Å². The number of aliphatic carboxylic acids is 1. The van der Waals surface area contributed by atoms with Gasteiger partial charge in [0, 0.05) is 18.8 Å². The van der Waals surface area contributed by atoms with E-state index in [0.29, 0.717) is 32.1 Å². The van der Waals surface area contributed by atoms with Crippen LogP contribution in [0.15, 0.2) is 36.5 Å². The summed E-state index contributed by atoms with van der Waals surface area (Å²) in [5.74, 6) is -1.17. The molecule has 1 unspecified atom stereocenters. The number of hydrogen-bond donors (Lipinski definition) is 5. The van der Waals surface area contributed by atoms with Gasteiger partial charge in [0.1, 0.15) is 0 Å². The van der Waals surface area contributed by atoms with Gasteiger partial charge in [-0.3, -0.25) is 4.79 Å². The van der Waals surface area contributed by atoms with Crippen molar-refractivity contribution in [1.82, 2.24) is 0 Å². The number of unbranched alkanes of at least 4 members (excludes halogenated alkanes) is 1. The summed E-state index contributed by atoms with van der Waals surface area (Å²) in [6, 6.07) is 0. The second-order valence-corrected chi connectivity index (χ2v) is 6.96.